The molecule has 0 amide bonds. The van der Waals surface area contributed by atoms with Crippen LogP contribution in [0.1, 0.15) is 10.6 Å². The lowest BCUT2D eigenvalue weighted by Gasteiger charge is -2.15. The topological polar surface area (TPSA) is 16.1 Å². The van der Waals surface area contributed by atoms with Crippen molar-refractivity contribution in [2.24, 2.45) is 0 Å². The molecule has 0 saturated carbocycles. The summed E-state index contributed by atoms with van der Waals surface area (Å²) in [6.07, 6.45) is 1.84. The zero-order chi connectivity index (χ0) is 11.4. The van der Waals surface area contributed by atoms with Gasteiger partial charge in [0.05, 0.1) is 5.69 Å². The Morgan fingerprint density at radius 2 is 2.19 bits per heavy atom. The lowest BCUT2D eigenvalue weighted by molar-refractivity contribution is 0.317. The largest absolute Gasteiger partial charge is 0.295 e. The van der Waals surface area contributed by atoms with Crippen LogP contribution >= 0.6 is 27.3 Å². The summed E-state index contributed by atoms with van der Waals surface area (Å²) in [4.78, 5) is 7.94. The molecule has 0 radical (unpaired) electrons. The van der Waals surface area contributed by atoms with Gasteiger partial charge in [0.25, 0.3) is 0 Å². The second-order valence-electron chi connectivity index (χ2n) is 3.69. The van der Waals surface area contributed by atoms with Crippen LogP contribution < -0.4 is 0 Å². The molecule has 0 N–H and O–H groups in total. The molecule has 0 atom stereocenters. The normalized spacial score (nSPS) is 10.9. The van der Waals surface area contributed by atoms with Crippen LogP contribution in [0.2, 0.25) is 0 Å². The van der Waals surface area contributed by atoms with Gasteiger partial charge in [-0.05, 0) is 46.6 Å². The Morgan fingerprint density at radius 1 is 1.31 bits per heavy atom. The molecule has 84 valence electrons. The number of pyridine rings is 1. The molecule has 2 rings (SSSR count). The number of hydrogen-bond acceptors (Lipinski definition) is 3. The van der Waals surface area contributed by atoms with E-state index in [4.69, 9.17) is 0 Å². The molecule has 0 aliphatic rings. The van der Waals surface area contributed by atoms with E-state index in [1.807, 2.05) is 18.3 Å². The number of halogens is 1. The van der Waals surface area contributed by atoms with E-state index in [2.05, 4.69) is 50.4 Å². The molecular weight excluding hydrogens is 284 g/mol. The van der Waals surface area contributed by atoms with Gasteiger partial charge < -0.3 is 0 Å². The van der Waals surface area contributed by atoms with Crippen molar-refractivity contribution in [3.05, 3.63) is 50.9 Å². The van der Waals surface area contributed by atoms with Crippen LogP contribution in [0, 0.1) is 0 Å². The van der Waals surface area contributed by atoms with Gasteiger partial charge in [-0.2, -0.15) is 0 Å². The zero-order valence-electron chi connectivity index (χ0n) is 9.06. The molecule has 2 heterocycles. The summed E-state index contributed by atoms with van der Waals surface area (Å²) >= 11 is 5.33. The van der Waals surface area contributed by atoms with E-state index in [9.17, 15) is 0 Å². The van der Waals surface area contributed by atoms with Gasteiger partial charge in [0.15, 0.2) is 0 Å². The van der Waals surface area contributed by atoms with Crippen molar-refractivity contribution < 1.29 is 0 Å². The molecule has 0 aromatic carbocycles. The second kappa shape index (κ2) is 5.57. The van der Waals surface area contributed by atoms with Gasteiger partial charge in [0.1, 0.15) is 0 Å². The third kappa shape index (κ3) is 3.14. The predicted molar refractivity (Wildman–Crippen MR) is 71.4 cm³/mol. The van der Waals surface area contributed by atoms with Crippen LogP contribution in [0.15, 0.2) is 40.3 Å². The fourth-order valence-corrected chi connectivity index (χ4v) is 3.06. The van der Waals surface area contributed by atoms with Crippen molar-refractivity contribution in [1.29, 1.82) is 0 Å². The SMILES string of the molecule is CN(Cc1ccccn1)Cc1sccc1Br. The number of aromatic nitrogens is 1. The van der Waals surface area contributed by atoms with Crippen molar-refractivity contribution in [3.8, 4) is 0 Å². The Morgan fingerprint density at radius 3 is 2.81 bits per heavy atom. The minimum atomic E-state index is 0.880. The molecule has 2 nitrogen and oxygen atoms in total. The van der Waals surface area contributed by atoms with Crippen molar-refractivity contribution in [2.75, 3.05) is 7.05 Å². The van der Waals surface area contributed by atoms with Crippen LogP contribution in [0.5, 0.6) is 0 Å². The fraction of sp³-hybridized carbons (Fsp3) is 0.250. The van der Waals surface area contributed by atoms with Crippen LogP contribution in [-0.4, -0.2) is 16.9 Å². The average molecular weight is 297 g/mol. The molecule has 0 fully saturated rings. The van der Waals surface area contributed by atoms with Crippen LogP contribution in [0.4, 0.5) is 0 Å². The first-order valence-corrected chi connectivity index (χ1v) is 6.73. The molecule has 2 aromatic heterocycles. The van der Waals surface area contributed by atoms with E-state index in [1.54, 1.807) is 11.3 Å². The Kier molecular flexibility index (Phi) is 4.09. The molecule has 4 heteroatoms. The molecule has 0 saturated heterocycles. The van der Waals surface area contributed by atoms with Gasteiger partial charge in [-0.3, -0.25) is 9.88 Å². The average Bonchev–Trinajstić information content (AvgIpc) is 2.66. The lowest BCUT2D eigenvalue weighted by atomic mass is 10.3. The summed E-state index contributed by atoms with van der Waals surface area (Å²) in [5.41, 5.74) is 1.11. The van der Waals surface area contributed by atoms with Gasteiger partial charge in [0.2, 0.25) is 0 Å². The van der Waals surface area contributed by atoms with Crippen LogP contribution in [-0.2, 0) is 13.1 Å². The minimum Gasteiger partial charge on any atom is -0.295 e. The maximum Gasteiger partial charge on any atom is 0.0543 e. The molecule has 0 spiro atoms. The van der Waals surface area contributed by atoms with Crippen molar-refractivity contribution in [3.63, 3.8) is 0 Å². The molecule has 0 bridgehead atoms. The molecule has 0 aliphatic heterocycles. The highest BCUT2D eigenvalue weighted by Gasteiger charge is 2.06. The molecule has 2 aromatic rings. The van der Waals surface area contributed by atoms with Gasteiger partial charge in [-0.15, -0.1) is 11.3 Å². The highest BCUT2D eigenvalue weighted by molar-refractivity contribution is 9.10. The minimum absolute atomic E-state index is 0.880. The Labute approximate surface area is 108 Å². The third-order valence-electron chi connectivity index (χ3n) is 2.26. The first kappa shape index (κ1) is 11.8. The standard InChI is InChI=1S/C12H13BrN2S/c1-15(8-10-4-2-3-6-14-10)9-12-11(13)5-7-16-12/h2-7H,8-9H2,1H3. The van der Waals surface area contributed by atoms with Gasteiger partial charge in [0, 0.05) is 28.6 Å². The predicted octanol–water partition coefficient (Wildman–Crippen LogP) is 3.54. The second-order valence-corrected chi connectivity index (χ2v) is 5.54. The number of hydrogen-bond donors (Lipinski definition) is 0. The van der Waals surface area contributed by atoms with E-state index in [1.165, 1.54) is 9.35 Å². The maximum atomic E-state index is 4.32. The number of rotatable bonds is 4. The monoisotopic (exact) mass is 296 g/mol. The summed E-state index contributed by atoms with van der Waals surface area (Å²) < 4.78 is 1.20. The van der Waals surface area contributed by atoms with Crippen molar-refractivity contribution in [1.82, 2.24) is 9.88 Å². The van der Waals surface area contributed by atoms with Gasteiger partial charge in [-0.1, -0.05) is 6.07 Å². The first-order chi connectivity index (χ1) is 7.75. The fourth-order valence-electron chi connectivity index (χ4n) is 1.51. The zero-order valence-corrected chi connectivity index (χ0v) is 11.5. The summed E-state index contributed by atoms with van der Waals surface area (Å²) in [5, 5.41) is 2.11. The number of thiophene rings is 1. The quantitative estimate of drug-likeness (QED) is 0.858. The van der Waals surface area contributed by atoms with E-state index in [0.29, 0.717) is 0 Å². The Hall–Kier alpha value is -0.710. The molecule has 16 heavy (non-hydrogen) atoms. The van der Waals surface area contributed by atoms with Crippen LogP contribution in [0.3, 0.4) is 0 Å². The summed E-state index contributed by atoms with van der Waals surface area (Å²) in [6, 6.07) is 8.12. The highest BCUT2D eigenvalue weighted by Crippen LogP contribution is 2.24. The van der Waals surface area contributed by atoms with E-state index in [0.717, 1.165) is 18.8 Å². The van der Waals surface area contributed by atoms with Crippen molar-refractivity contribution in [2.45, 2.75) is 13.1 Å². The smallest absolute Gasteiger partial charge is 0.0543 e. The van der Waals surface area contributed by atoms with Gasteiger partial charge >= 0.3 is 0 Å². The van der Waals surface area contributed by atoms with Crippen molar-refractivity contribution >= 4 is 27.3 Å². The van der Waals surface area contributed by atoms with E-state index >= 15 is 0 Å². The summed E-state index contributed by atoms with van der Waals surface area (Å²) in [5.74, 6) is 0. The maximum absolute atomic E-state index is 4.32. The molecular formula is C12H13BrN2S. The van der Waals surface area contributed by atoms with E-state index < -0.39 is 0 Å². The molecule has 0 aliphatic carbocycles. The highest BCUT2D eigenvalue weighted by atomic mass is 79.9. The Balaban J connectivity index is 1.95. The van der Waals surface area contributed by atoms with E-state index in [-0.39, 0.29) is 0 Å². The Bertz CT molecular complexity index is 441. The first-order valence-electron chi connectivity index (χ1n) is 5.06. The lowest BCUT2D eigenvalue weighted by Crippen LogP contribution is -2.17. The van der Waals surface area contributed by atoms with Gasteiger partial charge in [-0.25, -0.2) is 0 Å². The third-order valence-corrected chi connectivity index (χ3v) is 4.17. The summed E-state index contributed by atoms with van der Waals surface area (Å²) in [6.45, 7) is 1.83. The number of nitrogens with zero attached hydrogens (tertiary/aromatic N) is 2. The molecule has 0 unspecified atom stereocenters. The summed E-state index contributed by atoms with van der Waals surface area (Å²) in [7, 11) is 2.11. The van der Waals surface area contributed by atoms with Crippen LogP contribution in [0.25, 0.3) is 0 Å².